The van der Waals surface area contributed by atoms with Crippen molar-refractivity contribution in [3.05, 3.63) is 30.2 Å². The summed E-state index contributed by atoms with van der Waals surface area (Å²) in [6, 6.07) is 4.27. The van der Waals surface area contributed by atoms with E-state index >= 15 is 0 Å². The van der Waals surface area contributed by atoms with Crippen LogP contribution >= 0.6 is 0 Å². The molecule has 0 fully saturated rings. The van der Waals surface area contributed by atoms with Gasteiger partial charge in [0.25, 0.3) is 5.91 Å². The molecule has 0 aliphatic heterocycles. The van der Waals surface area contributed by atoms with E-state index in [1.165, 1.54) is 13.5 Å². The summed E-state index contributed by atoms with van der Waals surface area (Å²) in [6.45, 7) is 3.95. The van der Waals surface area contributed by atoms with Crippen LogP contribution in [0.2, 0.25) is 0 Å². The van der Waals surface area contributed by atoms with Gasteiger partial charge < -0.3 is 14.5 Å². The standard InChI is InChI=1S/C15H18N2O4/c1-9(2)6-12(15(19)20-3)17-14(18)10-4-5-13-11(7-10)16-8-21-13/h4-5,7-9,12H,6H2,1-3H3,(H,17,18). The molecule has 1 atom stereocenters. The second kappa shape index (κ2) is 6.39. The van der Waals surface area contributed by atoms with Crippen LogP contribution in [0.5, 0.6) is 0 Å². The van der Waals surface area contributed by atoms with Crippen molar-refractivity contribution < 1.29 is 18.7 Å². The number of carbonyl (C=O) groups excluding carboxylic acids is 2. The van der Waals surface area contributed by atoms with Crippen LogP contribution in [0, 0.1) is 5.92 Å². The summed E-state index contributed by atoms with van der Waals surface area (Å²) < 4.78 is 9.85. The first-order chi connectivity index (χ1) is 10.0. The van der Waals surface area contributed by atoms with Crippen molar-refractivity contribution in [1.29, 1.82) is 0 Å². The maximum absolute atomic E-state index is 12.2. The van der Waals surface area contributed by atoms with Crippen molar-refractivity contribution in [2.75, 3.05) is 7.11 Å². The number of methoxy groups -OCH3 is 1. The van der Waals surface area contributed by atoms with E-state index in [1.807, 2.05) is 13.8 Å². The van der Waals surface area contributed by atoms with Crippen LogP contribution in [0.15, 0.2) is 29.0 Å². The highest BCUT2D eigenvalue weighted by atomic mass is 16.5. The average molecular weight is 290 g/mol. The Balaban J connectivity index is 2.15. The molecule has 6 heteroatoms. The fourth-order valence-electron chi connectivity index (χ4n) is 2.07. The second-order valence-electron chi connectivity index (χ2n) is 5.21. The van der Waals surface area contributed by atoms with Gasteiger partial charge in [0.2, 0.25) is 0 Å². The van der Waals surface area contributed by atoms with E-state index in [1.54, 1.807) is 18.2 Å². The molecule has 1 unspecified atom stereocenters. The van der Waals surface area contributed by atoms with Crippen LogP contribution in [0.25, 0.3) is 11.1 Å². The Hall–Kier alpha value is -2.37. The molecule has 1 aromatic carbocycles. The first kappa shape index (κ1) is 15.0. The van der Waals surface area contributed by atoms with Gasteiger partial charge in [-0.2, -0.15) is 0 Å². The average Bonchev–Trinajstić information content (AvgIpc) is 2.92. The lowest BCUT2D eigenvalue weighted by molar-refractivity contribution is -0.143. The van der Waals surface area contributed by atoms with Crippen LogP contribution in [0.1, 0.15) is 30.6 Å². The van der Waals surface area contributed by atoms with Crippen molar-refractivity contribution >= 4 is 23.0 Å². The molecule has 0 radical (unpaired) electrons. The fourth-order valence-corrected chi connectivity index (χ4v) is 2.07. The van der Waals surface area contributed by atoms with E-state index in [9.17, 15) is 9.59 Å². The number of rotatable bonds is 5. The number of ether oxygens (including phenoxy) is 1. The lowest BCUT2D eigenvalue weighted by Crippen LogP contribution is -2.42. The minimum absolute atomic E-state index is 0.257. The maximum atomic E-state index is 12.2. The van der Waals surface area contributed by atoms with Gasteiger partial charge in [-0.05, 0) is 30.5 Å². The summed E-state index contributed by atoms with van der Waals surface area (Å²) in [5, 5.41) is 2.70. The number of oxazole rings is 1. The molecule has 0 saturated carbocycles. The Morgan fingerprint density at radius 3 is 2.81 bits per heavy atom. The summed E-state index contributed by atoms with van der Waals surface area (Å²) in [5.74, 6) is -0.525. The number of aromatic nitrogens is 1. The zero-order chi connectivity index (χ0) is 15.4. The summed E-state index contributed by atoms with van der Waals surface area (Å²) >= 11 is 0. The highest BCUT2D eigenvalue weighted by molar-refractivity contribution is 5.99. The lowest BCUT2D eigenvalue weighted by Gasteiger charge is -2.18. The summed E-state index contributed by atoms with van der Waals surface area (Å²) in [4.78, 5) is 28.0. The van der Waals surface area contributed by atoms with E-state index < -0.39 is 12.0 Å². The van der Waals surface area contributed by atoms with Gasteiger partial charge in [-0.25, -0.2) is 9.78 Å². The summed E-state index contributed by atoms with van der Waals surface area (Å²) in [6.07, 6.45) is 1.84. The molecule has 1 heterocycles. The number of amides is 1. The molecule has 6 nitrogen and oxygen atoms in total. The molecule has 0 spiro atoms. The molecule has 0 saturated heterocycles. The van der Waals surface area contributed by atoms with Gasteiger partial charge in [0.15, 0.2) is 12.0 Å². The normalized spacial score (nSPS) is 12.4. The number of fused-ring (bicyclic) bond motifs is 1. The number of esters is 1. The first-order valence-corrected chi connectivity index (χ1v) is 6.73. The molecule has 1 aromatic heterocycles. The van der Waals surface area contributed by atoms with Crippen molar-refractivity contribution in [1.82, 2.24) is 10.3 Å². The lowest BCUT2D eigenvalue weighted by atomic mass is 10.0. The quantitative estimate of drug-likeness (QED) is 0.853. The second-order valence-corrected chi connectivity index (χ2v) is 5.21. The summed E-state index contributed by atoms with van der Waals surface area (Å²) in [7, 11) is 1.31. The Morgan fingerprint density at radius 1 is 1.38 bits per heavy atom. The number of nitrogens with one attached hydrogen (secondary N) is 1. The third-order valence-electron chi connectivity index (χ3n) is 3.09. The third-order valence-corrected chi connectivity index (χ3v) is 3.09. The van der Waals surface area contributed by atoms with Crippen LogP contribution in [-0.2, 0) is 9.53 Å². The van der Waals surface area contributed by atoms with E-state index in [0.717, 1.165) is 0 Å². The monoisotopic (exact) mass is 290 g/mol. The number of carbonyl (C=O) groups is 2. The molecule has 0 aliphatic rings. The van der Waals surface area contributed by atoms with Crippen molar-refractivity contribution in [2.45, 2.75) is 26.3 Å². The van der Waals surface area contributed by atoms with Crippen molar-refractivity contribution in [3.63, 3.8) is 0 Å². The molecule has 2 rings (SSSR count). The third kappa shape index (κ3) is 3.59. The van der Waals surface area contributed by atoms with Crippen LogP contribution < -0.4 is 5.32 Å². The molecular weight excluding hydrogens is 272 g/mol. The molecule has 0 aliphatic carbocycles. The SMILES string of the molecule is COC(=O)C(CC(C)C)NC(=O)c1ccc2ocnc2c1. The number of hydrogen-bond donors (Lipinski definition) is 1. The largest absolute Gasteiger partial charge is 0.467 e. The van der Waals surface area contributed by atoms with Gasteiger partial charge in [-0.15, -0.1) is 0 Å². The van der Waals surface area contributed by atoms with Crippen LogP contribution in [0.3, 0.4) is 0 Å². The molecule has 0 bridgehead atoms. The topological polar surface area (TPSA) is 81.4 Å². The first-order valence-electron chi connectivity index (χ1n) is 6.73. The molecule has 1 amide bonds. The molecule has 112 valence electrons. The summed E-state index contributed by atoms with van der Waals surface area (Å²) in [5.41, 5.74) is 1.63. The maximum Gasteiger partial charge on any atom is 0.328 e. The molecule has 1 N–H and O–H groups in total. The molecule has 2 aromatic rings. The van der Waals surface area contributed by atoms with E-state index in [2.05, 4.69) is 10.3 Å². The minimum Gasteiger partial charge on any atom is -0.467 e. The number of hydrogen-bond acceptors (Lipinski definition) is 5. The Bertz CT molecular complexity index is 648. The highest BCUT2D eigenvalue weighted by Gasteiger charge is 2.23. The smallest absolute Gasteiger partial charge is 0.328 e. The van der Waals surface area contributed by atoms with Gasteiger partial charge in [0.1, 0.15) is 11.6 Å². The predicted molar refractivity (Wildman–Crippen MR) is 76.7 cm³/mol. The number of nitrogens with zero attached hydrogens (tertiary/aromatic N) is 1. The van der Waals surface area contributed by atoms with Gasteiger partial charge in [-0.1, -0.05) is 13.8 Å². The Kier molecular flexibility index (Phi) is 4.57. The van der Waals surface area contributed by atoms with E-state index in [4.69, 9.17) is 9.15 Å². The highest BCUT2D eigenvalue weighted by Crippen LogP contribution is 2.15. The van der Waals surface area contributed by atoms with E-state index in [-0.39, 0.29) is 11.8 Å². The van der Waals surface area contributed by atoms with Crippen LogP contribution in [-0.4, -0.2) is 30.0 Å². The van der Waals surface area contributed by atoms with E-state index in [0.29, 0.717) is 23.1 Å². The predicted octanol–water partition coefficient (Wildman–Crippen LogP) is 2.15. The zero-order valence-corrected chi connectivity index (χ0v) is 12.3. The van der Waals surface area contributed by atoms with Crippen molar-refractivity contribution in [2.24, 2.45) is 5.92 Å². The number of benzene rings is 1. The fraction of sp³-hybridized carbons (Fsp3) is 0.400. The van der Waals surface area contributed by atoms with Gasteiger partial charge in [0.05, 0.1) is 7.11 Å². The van der Waals surface area contributed by atoms with Gasteiger partial charge >= 0.3 is 5.97 Å². The van der Waals surface area contributed by atoms with Crippen molar-refractivity contribution in [3.8, 4) is 0 Å². The Labute approximate surface area is 122 Å². The molecular formula is C15H18N2O4. The molecule has 21 heavy (non-hydrogen) atoms. The minimum atomic E-state index is -0.657. The van der Waals surface area contributed by atoms with Gasteiger partial charge in [-0.3, -0.25) is 4.79 Å². The van der Waals surface area contributed by atoms with Crippen LogP contribution in [0.4, 0.5) is 0 Å². The van der Waals surface area contributed by atoms with Gasteiger partial charge in [0, 0.05) is 5.56 Å². The zero-order valence-electron chi connectivity index (χ0n) is 12.3. The Morgan fingerprint density at radius 2 is 2.14 bits per heavy atom.